The van der Waals surface area contributed by atoms with Crippen molar-refractivity contribution in [1.29, 1.82) is 0 Å². The van der Waals surface area contributed by atoms with E-state index in [1.165, 1.54) is 0 Å². The molecule has 0 radical (unpaired) electrons. The van der Waals surface area contributed by atoms with Crippen LogP contribution in [0.1, 0.15) is 18.5 Å². The predicted molar refractivity (Wildman–Crippen MR) is 65.4 cm³/mol. The largest absolute Gasteiger partial charge is 0.393 e. The van der Waals surface area contributed by atoms with Crippen molar-refractivity contribution in [3.05, 3.63) is 36.2 Å². The van der Waals surface area contributed by atoms with Crippen molar-refractivity contribution in [2.45, 2.75) is 31.5 Å². The van der Waals surface area contributed by atoms with Gasteiger partial charge in [-0.05, 0) is 25.0 Å². The van der Waals surface area contributed by atoms with E-state index in [-0.39, 0.29) is 6.10 Å². The van der Waals surface area contributed by atoms with Gasteiger partial charge in [0.25, 0.3) is 0 Å². The molecule has 0 saturated heterocycles. The van der Waals surface area contributed by atoms with Gasteiger partial charge in [-0.1, -0.05) is 12.1 Å². The minimum Gasteiger partial charge on any atom is -0.393 e. The second-order valence-corrected chi connectivity index (χ2v) is 4.55. The Hall–Kier alpha value is -1.52. The molecule has 0 bridgehead atoms. The van der Waals surface area contributed by atoms with Gasteiger partial charge in [0.1, 0.15) is 0 Å². The molecule has 88 valence electrons. The maximum absolute atomic E-state index is 9.19. The minimum atomic E-state index is -0.116. The summed E-state index contributed by atoms with van der Waals surface area (Å²) in [4.78, 5) is 8.90. The van der Waals surface area contributed by atoms with Crippen molar-refractivity contribution < 1.29 is 5.11 Å². The van der Waals surface area contributed by atoms with E-state index in [0.717, 1.165) is 36.1 Å². The number of para-hydroxylation sites is 2. The van der Waals surface area contributed by atoms with Crippen molar-refractivity contribution in [3.8, 4) is 0 Å². The summed E-state index contributed by atoms with van der Waals surface area (Å²) in [7, 11) is 0. The number of nitrogens with one attached hydrogen (secondary N) is 1. The molecule has 1 fully saturated rings. The number of rotatable bonds is 3. The Morgan fingerprint density at radius 3 is 2.76 bits per heavy atom. The first-order valence-electron chi connectivity index (χ1n) is 5.93. The summed E-state index contributed by atoms with van der Waals surface area (Å²) in [5, 5.41) is 12.6. The number of aliphatic hydroxyl groups is 1. The number of fused-ring (bicyclic) bond motifs is 1. The summed E-state index contributed by atoms with van der Waals surface area (Å²) in [6.45, 7) is 0.717. The van der Waals surface area contributed by atoms with Crippen LogP contribution >= 0.6 is 0 Å². The van der Waals surface area contributed by atoms with Gasteiger partial charge in [0.2, 0.25) is 0 Å². The van der Waals surface area contributed by atoms with Crippen LogP contribution in [0.4, 0.5) is 0 Å². The van der Waals surface area contributed by atoms with Gasteiger partial charge in [0, 0.05) is 12.6 Å². The second kappa shape index (κ2) is 4.39. The number of hydrogen-bond donors (Lipinski definition) is 2. The van der Waals surface area contributed by atoms with Gasteiger partial charge in [0.15, 0.2) is 0 Å². The molecule has 2 aromatic rings. The minimum absolute atomic E-state index is 0.116. The molecule has 1 heterocycles. The molecule has 0 unspecified atom stereocenters. The zero-order valence-electron chi connectivity index (χ0n) is 9.50. The molecule has 1 aliphatic carbocycles. The van der Waals surface area contributed by atoms with Crippen LogP contribution < -0.4 is 5.32 Å². The fourth-order valence-corrected chi connectivity index (χ4v) is 2.08. The van der Waals surface area contributed by atoms with Crippen molar-refractivity contribution in [2.75, 3.05) is 0 Å². The zero-order valence-corrected chi connectivity index (χ0v) is 9.50. The van der Waals surface area contributed by atoms with Crippen molar-refractivity contribution in [1.82, 2.24) is 15.3 Å². The molecule has 4 heteroatoms. The molecular formula is C13H15N3O. The first kappa shape index (κ1) is 10.6. The fourth-order valence-electron chi connectivity index (χ4n) is 2.08. The molecule has 4 nitrogen and oxygen atoms in total. The molecule has 1 aromatic carbocycles. The summed E-state index contributed by atoms with van der Waals surface area (Å²) >= 11 is 0. The van der Waals surface area contributed by atoms with Gasteiger partial charge in [0.05, 0.1) is 29.0 Å². The normalized spacial score (nSPS) is 23.6. The van der Waals surface area contributed by atoms with Crippen molar-refractivity contribution in [2.24, 2.45) is 0 Å². The molecule has 0 spiro atoms. The molecule has 0 atom stereocenters. The maximum atomic E-state index is 9.19. The molecule has 3 rings (SSSR count). The Labute approximate surface area is 99.7 Å². The molecule has 1 saturated carbocycles. The van der Waals surface area contributed by atoms with Gasteiger partial charge in [-0.15, -0.1) is 0 Å². The van der Waals surface area contributed by atoms with Crippen LogP contribution in [-0.2, 0) is 6.54 Å². The van der Waals surface area contributed by atoms with Gasteiger partial charge < -0.3 is 10.4 Å². The highest BCUT2D eigenvalue weighted by atomic mass is 16.3. The van der Waals surface area contributed by atoms with Gasteiger partial charge in [-0.2, -0.15) is 0 Å². The molecule has 0 amide bonds. The van der Waals surface area contributed by atoms with E-state index < -0.39 is 0 Å². The number of aromatic nitrogens is 2. The monoisotopic (exact) mass is 229 g/mol. The Morgan fingerprint density at radius 1 is 1.24 bits per heavy atom. The molecule has 17 heavy (non-hydrogen) atoms. The smallest absolute Gasteiger partial charge is 0.0890 e. The highest BCUT2D eigenvalue weighted by molar-refractivity contribution is 5.73. The lowest BCUT2D eigenvalue weighted by molar-refractivity contribution is 0.0618. The Balaban J connectivity index is 1.68. The average molecular weight is 229 g/mol. The summed E-state index contributed by atoms with van der Waals surface area (Å²) in [6.07, 6.45) is 3.39. The first-order valence-corrected chi connectivity index (χ1v) is 5.93. The standard InChI is InChI=1S/C13H15N3O/c17-11-5-9(6-11)14-7-10-8-15-12-3-1-2-4-13(12)16-10/h1-4,8-9,11,14,17H,5-7H2. The lowest BCUT2D eigenvalue weighted by atomic mass is 9.89. The van der Waals surface area contributed by atoms with E-state index in [9.17, 15) is 5.11 Å². The Kier molecular flexibility index (Phi) is 2.74. The number of benzene rings is 1. The molecule has 1 aliphatic rings. The lowest BCUT2D eigenvalue weighted by Gasteiger charge is -2.32. The van der Waals surface area contributed by atoms with Crippen LogP contribution in [0.3, 0.4) is 0 Å². The van der Waals surface area contributed by atoms with Crippen LogP contribution in [0.25, 0.3) is 11.0 Å². The summed E-state index contributed by atoms with van der Waals surface area (Å²) in [5.41, 5.74) is 2.81. The number of hydrogen-bond acceptors (Lipinski definition) is 4. The average Bonchev–Trinajstić information content (AvgIpc) is 2.33. The topological polar surface area (TPSA) is 58.0 Å². The molecule has 1 aromatic heterocycles. The third kappa shape index (κ3) is 2.28. The summed E-state index contributed by atoms with van der Waals surface area (Å²) in [5.74, 6) is 0. The molecular weight excluding hydrogens is 214 g/mol. The summed E-state index contributed by atoms with van der Waals surface area (Å²) < 4.78 is 0. The quantitative estimate of drug-likeness (QED) is 0.831. The number of aliphatic hydroxyl groups excluding tert-OH is 1. The van der Waals surface area contributed by atoms with Crippen LogP contribution in [0, 0.1) is 0 Å². The van der Waals surface area contributed by atoms with E-state index in [1.807, 2.05) is 30.5 Å². The van der Waals surface area contributed by atoms with E-state index in [0.29, 0.717) is 6.04 Å². The fraction of sp³-hybridized carbons (Fsp3) is 0.385. The van der Waals surface area contributed by atoms with E-state index in [2.05, 4.69) is 15.3 Å². The highest BCUT2D eigenvalue weighted by Crippen LogP contribution is 2.19. The highest BCUT2D eigenvalue weighted by Gasteiger charge is 2.26. The zero-order chi connectivity index (χ0) is 11.7. The van der Waals surface area contributed by atoms with Crippen LogP contribution in [-0.4, -0.2) is 27.2 Å². The summed E-state index contributed by atoms with van der Waals surface area (Å²) in [6, 6.07) is 8.29. The van der Waals surface area contributed by atoms with Crippen LogP contribution in [0.2, 0.25) is 0 Å². The van der Waals surface area contributed by atoms with Gasteiger partial charge in [-0.25, -0.2) is 4.98 Å². The second-order valence-electron chi connectivity index (χ2n) is 4.55. The predicted octanol–water partition coefficient (Wildman–Crippen LogP) is 1.24. The van der Waals surface area contributed by atoms with E-state index in [1.54, 1.807) is 0 Å². The van der Waals surface area contributed by atoms with Crippen LogP contribution in [0.5, 0.6) is 0 Å². The van der Waals surface area contributed by atoms with E-state index >= 15 is 0 Å². The third-order valence-corrected chi connectivity index (χ3v) is 3.18. The maximum Gasteiger partial charge on any atom is 0.0890 e. The van der Waals surface area contributed by atoms with Crippen molar-refractivity contribution >= 4 is 11.0 Å². The van der Waals surface area contributed by atoms with Gasteiger partial charge >= 0.3 is 0 Å². The first-order chi connectivity index (χ1) is 8.31. The SMILES string of the molecule is OC1CC(NCc2cnc3ccccc3n2)C1. The third-order valence-electron chi connectivity index (χ3n) is 3.18. The lowest BCUT2D eigenvalue weighted by Crippen LogP contribution is -2.43. The number of nitrogens with zero attached hydrogens (tertiary/aromatic N) is 2. The Morgan fingerprint density at radius 2 is 2.00 bits per heavy atom. The van der Waals surface area contributed by atoms with E-state index in [4.69, 9.17) is 0 Å². The van der Waals surface area contributed by atoms with Crippen LogP contribution in [0.15, 0.2) is 30.5 Å². The van der Waals surface area contributed by atoms with Gasteiger partial charge in [-0.3, -0.25) is 4.98 Å². The molecule has 2 N–H and O–H groups in total. The van der Waals surface area contributed by atoms with Crippen molar-refractivity contribution in [3.63, 3.8) is 0 Å². The Bertz CT molecular complexity index is 523. The molecule has 0 aliphatic heterocycles.